The van der Waals surface area contributed by atoms with Crippen LogP contribution in [0.4, 0.5) is 18.9 Å². The summed E-state index contributed by atoms with van der Waals surface area (Å²) in [5.41, 5.74) is 0.906. The monoisotopic (exact) mass is 506 g/mol. The number of halogens is 3. The van der Waals surface area contributed by atoms with Crippen molar-refractivity contribution >= 4 is 22.6 Å². The maximum absolute atomic E-state index is 13.3. The number of hydrogen-bond acceptors (Lipinski definition) is 5. The van der Waals surface area contributed by atoms with Crippen molar-refractivity contribution in [1.82, 2.24) is 0 Å². The number of nitrogens with zero attached hydrogens (tertiary/aromatic N) is 1. The number of nitrogens with one attached hydrogen (secondary N) is 1. The first-order valence-corrected chi connectivity index (χ1v) is 11.2. The van der Waals surface area contributed by atoms with Crippen molar-refractivity contribution in [3.05, 3.63) is 98.2 Å². The predicted octanol–water partition coefficient (Wildman–Crippen LogP) is 6.84. The van der Waals surface area contributed by atoms with Gasteiger partial charge in [-0.05, 0) is 62.7 Å². The van der Waals surface area contributed by atoms with E-state index in [0.717, 1.165) is 17.7 Å². The summed E-state index contributed by atoms with van der Waals surface area (Å²) in [5.74, 6) is -1.23. The van der Waals surface area contributed by atoms with Crippen LogP contribution in [0.3, 0.4) is 0 Å². The lowest BCUT2D eigenvalue weighted by Crippen LogP contribution is -2.15. The van der Waals surface area contributed by atoms with Gasteiger partial charge in [0, 0.05) is 22.4 Å². The quantitative estimate of drug-likeness (QED) is 0.307. The fourth-order valence-corrected chi connectivity index (χ4v) is 4.23. The number of nitriles is 1. The molecule has 2 N–H and O–H groups in total. The van der Waals surface area contributed by atoms with Crippen molar-refractivity contribution in [3.8, 4) is 17.4 Å². The molecule has 0 unspecified atom stereocenters. The van der Waals surface area contributed by atoms with Gasteiger partial charge in [-0.1, -0.05) is 18.2 Å². The summed E-state index contributed by atoms with van der Waals surface area (Å²) in [5, 5.41) is 22.1. The van der Waals surface area contributed by atoms with Crippen molar-refractivity contribution in [2.24, 2.45) is 0 Å². The molecule has 6 nitrogen and oxygen atoms in total. The fourth-order valence-electron chi connectivity index (χ4n) is 4.23. The van der Waals surface area contributed by atoms with Crippen molar-refractivity contribution in [1.29, 1.82) is 5.26 Å². The lowest BCUT2D eigenvalue weighted by molar-refractivity contribution is -0.137. The highest BCUT2D eigenvalue weighted by Gasteiger charge is 2.32. The van der Waals surface area contributed by atoms with Crippen molar-refractivity contribution < 1.29 is 27.5 Å². The van der Waals surface area contributed by atoms with E-state index in [0.29, 0.717) is 33.7 Å². The molecular weight excluding hydrogens is 485 g/mol. The van der Waals surface area contributed by atoms with Gasteiger partial charge < -0.3 is 14.8 Å². The lowest BCUT2D eigenvalue weighted by atomic mass is 9.98. The summed E-state index contributed by atoms with van der Waals surface area (Å²) < 4.78 is 45.6. The summed E-state index contributed by atoms with van der Waals surface area (Å²) in [7, 11) is 0. The zero-order valence-corrected chi connectivity index (χ0v) is 20.0. The molecule has 0 saturated heterocycles. The minimum atomic E-state index is -4.69. The number of aromatic carboxylic acids is 1. The normalized spacial score (nSPS) is 12.2. The molecular formula is C28H21F3N2O4. The van der Waals surface area contributed by atoms with E-state index in [1.54, 1.807) is 57.2 Å². The molecule has 0 aliphatic rings. The summed E-state index contributed by atoms with van der Waals surface area (Å²) >= 11 is 0. The zero-order chi connectivity index (χ0) is 27.1. The van der Waals surface area contributed by atoms with Crippen LogP contribution in [0.2, 0.25) is 0 Å². The third-order valence-corrected chi connectivity index (χ3v) is 6.06. The highest BCUT2D eigenvalue weighted by molar-refractivity contribution is 5.95. The number of carboxylic acid groups (broad SMARTS) is 1. The Hall–Kier alpha value is -4.58. The molecule has 0 spiro atoms. The Morgan fingerprint density at radius 2 is 1.84 bits per heavy atom. The zero-order valence-electron chi connectivity index (χ0n) is 20.0. The predicted molar refractivity (Wildman–Crippen MR) is 133 cm³/mol. The smallest absolute Gasteiger partial charge is 0.416 e. The summed E-state index contributed by atoms with van der Waals surface area (Å²) in [6.45, 7) is 5.10. The number of benzene rings is 3. The minimum Gasteiger partial charge on any atom is -0.478 e. The topological polar surface area (TPSA) is 103 Å². The van der Waals surface area contributed by atoms with Gasteiger partial charge in [-0.25, -0.2) is 4.79 Å². The number of carboxylic acids is 1. The van der Waals surface area contributed by atoms with E-state index in [1.807, 2.05) is 0 Å². The number of carbonyl (C=O) groups is 1. The van der Waals surface area contributed by atoms with Gasteiger partial charge in [0.25, 0.3) is 0 Å². The number of alkyl halides is 3. The van der Waals surface area contributed by atoms with Gasteiger partial charge in [0.1, 0.15) is 11.3 Å². The molecule has 0 radical (unpaired) electrons. The van der Waals surface area contributed by atoms with Gasteiger partial charge in [-0.2, -0.15) is 18.4 Å². The number of anilines is 1. The molecule has 9 heteroatoms. The Kier molecular flexibility index (Phi) is 6.53. The molecule has 1 atom stereocenters. The fraction of sp³-hybridized carbons (Fsp3) is 0.179. The van der Waals surface area contributed by atoms with Gasteiger partial charge in [-0.3, -0.25) is 4.79 Å². The van der Waals surface area contributed by atoms with E-state index in [1.165, 1.54) is 0 Å². The van der Waals surface area contributed by atoms with Crippen molar-refractivity contribution in [2.75, 3.05) is 5.32 Å². The molecule has 3 aromatic carbocycles. The molecule has 37 heavy (non-hydrogen) atoms. The SMILES string of the molecule is Cc1cc([C@@H](C)Nc2ccc(C(F)(F)F)cc2C(=O)O)c2oc(-c3cccc(C#N)c3)c(C)c(=O)c2c1. The van der Waals surface area contributed by atoms with E-state index < -0.39 is 29.3 Å². The summed E-state index contributed by atoms with van der Waals surface area (Å²) in [6, 6.07) is 13.9. The van der Waals surface area contributed by atoms with Crippen LogP contribution in [0, 0.1) is 25.2 Å². The molecule has 0 aliphatic heterocycles. The van der Waals surface area contributed by atoms with Crippen LogP contribution in [0.1, 0.15) is 51.1 Å². The third-order valence-electron chi connectivity index (χ3n) is 6.06. The minimum absolute atomic E-state index is 0.0148. The highest BCUT2D eigenvalue weighted by Crippen LogP contribution is 2.35. The first-order chi connectivity index (χ1) is 17.4. The van der Waals surface area contributed by atoms with Crippen LogP contribution in [-0.4, -0.2) is 11.1 Å². The van der Waals surface area contributed by atoms with E-state index in [4.69, 9.17) is 4.42 Å². The number of rotatable bonds is 5. The first-order valence-electron chi connectivity index (χ1n) is 11.2. The Morgan fingerprint density at radius 3 is 2.49 bits per heavy atom. The van der Waals surface area contributed by atoms with Gasteiger partial charge in [0.15, 0.2) is 5.43 Å². The Bertz CT molecular complexity index is 1650. The third kappa shape index (κ3) is 4.91. The van der Waals surface area contributed by atoms with E-state index >= 15 is 0 Å². The maximum atomic E-state index is 13.3. The van der Waals surface area contributed by atoms with Crippen LogP contribution in [-0.2, 0) is 6.18 Å². The molecule has 0 bridgehead atoms. The largest absolute Gasteiger partial charge is 0.478 e. The Labute approximate surface area is 209 Å². The molecule has 4 rings (SSSR count). The maximum Gasteiger partial charge on any atom is 0.416 e. The van der Waals surface area contributed by atoms with Gasteiger partial charge in [0.2, 0.25) is 0 Å². The number of hydrogen-bond donors (Lipinski definition) is 2. The highest BCUT2D eigenvalue weighted by atomic mass is 19.4. The molecule has 1 heterocycles. The molecule has 0 amide bonds. The molecule has 0 fully saturated rings. The van der Waals surface area contributed by atoms with Crippen LogP contribution in [0.25, 0.3) is 22.3 Å². The lowest BCUT2D eigenvalue weighted by Gasteiger charge is -2.20. The van der Waals surface area contributed by atoms with Crippen molar-refractivity contribution in [3.63, 3.8) is 0 Å². The molecule has 1 aromatic heterocycles. The first kappa shape index (κ1) is 25.5. The second-order valence-corrected chi connectivity index (χ2v) is 8.74. The van der Waals surface area contributed by atoms with Gasteiger partial charge >= 0.3 is 12.1 Å². The average Bonchev–Trinajstić information content (AvgIpc) is 2.85. The number of aryl methyl sites for hydroxylation is 1. The molecule has 4 aromatic rings. The average molecular weight is 506 g/mol. The number of fused-ring (bicyclic) bond motifs is 1. The second kappa shape index (κ2) is 9.47. The molecule has 0 aliphatic carbocycles. The van der Waals surface area contributed by atoms with Gasteiger partial charge in [-0.15, -0.1) is 0 Å². The van der Waals surface area contributed by atoms with Crippen molar-refractivity contribution in [2.45, 2.75) is 33.0 Å². The van der Waals surface area contributed by atoms with Gasteiger partial charge in [0.05, 0.1) is 34.2 Å². The summed E-state index contributed by atoms with van der Waals surface area (Å²) in [6.07, 6.45) is -4.69. The van der Waals surface area contributed by atoms with Crippen LogP contribution in [0.15, 0.2) is 63.8 Å². The van der Waals surface area contributed by atoms with E-state index in [2.05, 4.69) is 11.4 Å². The van der Waals surface area contributed by atoms with E-state index in [9.17, 15) is 33.1 Å². The Morgan fingerprint density at radius 1 is 1.11 bits per heavy atom. The Balaban J connectivity index is 1.87. The van der Waals surface area contributed by atoms with Crippen LogP contribution in [0.5, 0.6) is 0 Å². The molecule has 0 saturated carbocycles. The van der Waals surface area contributed by atoms with Crippen LogP contribution < -0.4 is 10.7 Å². The molecule has 188 valence electrons. The summed E-state index contributed by atoms with van der Waals surface area (Å²) in [4.78, 5) is 25.0. The second-order valence-electron chi connectivity index (χ2n) is 8.74. The standard InChI is InChI=1S/C28H21F3N2O4/c1-14-9-20(16(3)33-23-8-7-19(28(29,30)31)12-21(23)27(35)36)26-22(10-14)24(34)15(2)25(37-26)18-6-4-5-17(11-18)13-32/h4-12,16,33H,1-3H3,(H,35,36)/t16-/m1/s1. The van der Waals surface area contributed by atoms with Crippen LogP contribution >= 0.6 is 0 Å². The van der Waals surface area contributed by atoms with E-state index in [-0.39, 0.29) is 22.5 Å².